The van der Waals surface area contributed by atoms with Crippen LogP contribution in [0.15, 0.2) is 51.9 Å². The van der Waals surface area contributed by atoms with E-state index in [1.807, 2.05) is 0 Å². The summed E-state index contributed by atoms with van der Waals surface area (Å²) in [5.41, 5.74) is 0.270. The lowest BCUT2D eigenvalue weighted by molar-refractivity contribution is 0.0898. The lowest BCUT2D eigenvalue weighted by Gasteiger charge is -2.14. The van der Waals surface area contributed by atoms with E-state index in [-0.39, 0.29) is 35.3 Å². The van der Waals surface area contributed by atoms with Gasteiger partial charge in [0.05, 0.1) is 26.2 Å². The smallest absolute Gasteiger partial charge is 0.315 e. The van der Waals surface area contributed by atoms with Gasteiger partial charge in [0.2, 0.25) is 5.75 Å². The number of benzene rings is 2. The van der Waals surface area contributed by atoms with Crippen molar-refractivity contribution in [1.82, 2.24) is 20.8 Å². The highest BCUT2D eigenvalue weighted by Crippen LogP contribution is 2.38. The van der Waals surface area contributed by atoms with Gasteiger partial charge in [-0.2, -0.15) is 4.98 Å². The van der Waals surface area contributed by atoms with Gasteiger partial charge < -0.3 is 29.4 Å². The molecular formula is C22H24N4O8S. The Bertz CT molecular complexity index is 1270. The fourth-order valence-corrected chi connectivity index (χ4v) is 4.22. The maximum absolute atomic E-state index is 12.5. The molecule has 186 valence electrons. The van der Waals surface area contributed by atoms with Crippen LogP contribution in [0.5, 0.6) is 17.2 Å². The van der Waals surface area contributed by atoms with Crippen molar-refractivity contribution in [3.05, 3.63) is 59.7 Å². The van der Waals surface area contributed by atoms with Crippen LogP contribution in [0.3, 0.4) is 0 Å². The molecule has 0 aliphatic rings. The monoisotopic (exact) mass is 504 g/mol. The summed E-state index contributed by atoms with van der Waals surface area (Å²) < 4.78 is 45.4. The molecule has 3 aromatic rings. The molecule has 0 spiro atoms. The van der Waals surface area contributed by atoms with Gasteiger partial charge in [-0.3, -0.25) is 9.59 Å². The quantitative estimate of drug-likeness (QED) is 0.364. The Morgan fingerprint density at radius 3 is 2.09 bits per heavy atom. The molecule has 2 aromatic carbocycles. The van der Waals surface area contributed by atoms with E-state index in [4.69, 9.17) is 18.7 Å². The summed E-state index contributed by atoms with van der Waals surface area (Å²) in [7, 11) is 0.647. The molecule has 1 aromatic heterocycles. The van der Waals surface area contributed by atoms with E-state index in [2.05, 4.69) is 20.8 Å². The first-order valence-corrected chi connectivity index (χ1v) is 11.9. The second-order valence-electron chi connectivity index (χ2n) is 7.01. The van der Waals surface area contributed by atoms with Crippen LogP contribution in [0.25, 0.3) is 0 Å². The highest BCUT2D eigenvalue weighted by atomic mass is 32.2. The van der Waals surface area contributed by atoms with Crippen LogP contribution in [-0.4, -0.2) is 64.8 Å². The summed E-state index contributed by atoms with van der Waals surface area (Å²) in [6, 6.07) is 10.8. The molecule has 0 saturated heterocycles. The van der Waals surface area contributed by atoms with Crippen LogP contribution in [0.2, 0.25) is 0 Å². The van der Waals surface area contributed by atoms with E-state index in [9.17, 15) is 18.0 Å². The van der Waals surface area contributed by atoms with Gasteiger partial charge in [-0.1, -0.05) is 23.4 Å². The molecule has 2 amide bonds. The Balaban J connectivity index is 1.52. The third-order valence-corrected chi connectivity index (χ3v) is 6.34. The van der Waals surface area contributed by atoms with Crippen LogP contribution in [0.4, 0.5) is 0 Å². The summed E-state index contributed by atoms with van der Waals surface area (Å²) in [5.74, 6) is -1.17. The molecule has 12 nitrogen and oxygen atoms in total. The van der Waals surface area contributed by atoms with Crippen LogP contribution >= 0.6 is 0 Å². The minimum atomic E-state index is -3.69. The molecule has 0 aliphatic heterocycles. The van der Waals surface area contributed by atoms with Crippen LogP contribution < -0.4 is 24.8 Å². The number of sulfone groups is 1. The largest absolute Gasteiger partial charge is 0.493 e. The van der Waals surface area contributed by atoms with E-state index in [1.54, 1.807) is 18.2 Å². The zero-order valence-electron chi connectivity index (χ0n) is 19.2. The number of hydrogen-bond donors (Lipinski definition) is 2. The summed E-state index contributed by atoms with van der Waals surface area (Å²) >= 11 is 0. The molecule has 0 fully saturated rings. The number of aromatic nitrogens is 2. The topological polar surface area (TPSA) is 159 Å². The van der Waals surface area contributed by atoms with E-state index < -0.39 is 27.4 Å². The Morgan fingerprint density at radius 2 is 1.51 bits per heavy atom. The standard InChI is InChI=1S/C22H24N4O8S/c1-31-16-11-14(12-17(32-2)19(16)33-3)20(27)23-9-10-24-21(28)22-25-18(26-34-22)13-35(29,30)15-7-5-4-6-8-15/h4-8,11-12H,9-10,13H2,1-3H3,(H,23,27)(H,24,28). The highest BCUT2D eigenvalue weighted by molar-refractivity contribution is 7.90. The Kier molecular flexibility index (Phi) is 8.25. The Hall–Kier alpha value is -4.13. The molecule has 35 heavy (non-hydrogen) atoms. The normalized spacial score (nSPS) is 10.9. The summed E-state index contributed by atoms with van der Waals surface area (Å²) in [6.45, 7) is 0.139. The van der Waals surface area contributed by atoms with E-state index in [1.165, 1.54) is 45.6 Å². The Labute approximate surface area is 201 Å². The van der Waals surface area contributed by atoms with Gasteiger partial charge in [0.1, 0.15) is 5.75 Å². The van der Waals surface area contributed by atoms with Gasteiger partial charge in [-0.05, 0) is 24.3 Å². The molecule has 2 N–H and O–H groups in total. The molecule has 1 heterocycles. The van der Waals surface area contributed by atoms with Crippen molar-refractivity contribution in [2.45, 2.75) is 10.6 Å². The van der Waals surface area contributed by atoms with Crippen LogP contribution in [0, 0.1) is 0 Å². The third kappa shape index (κ3) is 6.26. The van der Waals surface area contributed by atoms with Gasteiger partial charge in [0, 0.05) is 18.7 Å². The lowest BCUT2D eigenvalue weighted by atomic mass is 10.1. The molecule has 13 heteroatoms. The predicted molar refractivity (Wildman–Crippen MR) is 122 cm³/mol. The number of rotatable bonds is 11. The van der Waals surface area contributed by atoms with Crippen molar-refractivity contribution in [2.75, 3.05) is 34.4 Å². The molecule has 3 rings (SSSR count). The first kappa shape index (κ1) is 25.5. The number of ether oxygens (including phenoxy) is 3. The van der Waals surface area contributed by atoms with Crippen molar-refractivity contribution in [1.29, 1.82) is 0 Å². The van der Waals surface area contributed by atoms with Crippen molar-refractivity contribution < 1.29 is 36.7 Å². The molecule has 0 aliphatic carbocycles. The maximum Gasteiger partial charge on any atom is 0.315 e. The third-order valence-electron chi connectivity index (χ3n) is 4.71. The fraction of sp³-hybridized carbons (Fsp3) is 0.273. The summed E-state index contributed by atoms with van der Waals surface area (Å²) in [6.07, 6.45) is 0. The highest BCUT2D eigenvalue weighted by Gasteiger charge is 2.22. The van der Waals surface area contributed by atoms with Gasteiger partial charge in [-0.15, -0.1) is 0 Å². The van der Waals surface area contributed by atoms with E-state index >= 15 is 0 Å². The van der Waals surface area contributed by atoms with Gasteiger partial charge in [0.25, 0.3) is 5.91 Å². The van der Waals surface area contributed by atoms with Crippen molar-refractivity contribution in [2.24, 2.45) is 0 Å². The first-order valence-electron chi connectivity index (χ1n) is 10.3. The van der Waals surface area contributed by atoms with Crippen LogP contribution in [-0.2, 0) is 15.6 Å². The van der Waals surface area contributed by atoms with Crippen LogP contribution in [0.1, 0.15) is 26.9 Å². The maximum atomic E-state index is 12.5. The SMILES string of the molecule is COc1cc(C(=O)NCCNC(=O)c2nc(CS(=O)(=O)c3ccccc3)no2)cc(OC)c1OC. The summed E-state index contributed by atoms with van der Waals surface area (Å²) in [5, 5.41) is 8.72. The number of nitrogens with zero attached hydrogens (tertiary/aromatic N) is 2. The molecule has 0 radical (unpaired) electrons. The number of carbonyl (C=O) groups is 2. The number of carbonyl (C=O) groups excluding carboxylic acids is 2. The van der Waals surface area contributed by atoms with Gasteiger partial charge in [0.15, 0.2) is 27.2 Å². The average molecular weight is 505 g/mol. The zero-order valence-corrected chi connectivity index (χ0v) is 20.0. The molecule has 0 atom stereocenters. The second-order valence-corrected chi connectivity index (χ2v) is 9.00. The molecule has 0 bridgehead atoms. The number of hydrogen-bond acceptors (Lipinski definition) is 10. The number of nitrogens with one attached hydrogen (secondary N) is 2. The average Bonchev–Trinajstić information content (AvgIpc) is 3.33. The second kappa shape index (κ2) is 11.3. The molecule has 0 saturated carbocycles. The number of amides is 2. The van der Waals surface area contributed by atoms with E-state index in [0.717, 1.165) is 0 Å². The summed E-state index contributed by atoms with van der Waals surface area (Å²) in [4.78, 5) is 28.7. The molecule has 0 unspecified atom stereocenters. The van der Waals surface area contributed by atoms with Crippen molar-refractivity contribution in [3.63, 3.8) is 0 Å². The van der Waals surface area contributed by atoms with Gasteiger partial charge in [-0.25, -0.2) is 8.42 Å². The van der Waals surface area contributed by atoms with Gasteiger partial charge >= 0.3 is 11.8 Å². The Morgan fingerprint density at radius 1 is 0.914 bits per heavy atom. The van der Waals surface area contributed by atoms with Crippen molar-refractivity contribution in [3.8, 4) is 17.2 Å². The minimum Gasteiger partial charge on any atom is -0.493 e. The lowest BCUT2D eigenvalue weighted by Crippen LogP contribution is -2.34. The fourth-order valence-electron chi connectivity index (χ4n) is 3.03. The molecular weight excluding hydrogens is 480 g/mol. The predicted octanol–water partition coefficient (Wildman–Crippen LogP) is 1.23. The number of methoxy groups -OCH3 is 3. The zero-order chi connectivity index (χ0) is 25.4. The first-order chi connectivity index (χ1) is 16.8. The minimum absolute atomic E-state index is 0.0506. The van der Waals surface area contributed by atoms with Crippen molar-refractivity contribution >= 4 is 21.7 Å². The van der Waals surface area contributed by atoms with E-state index in [0.29, 0.717) is 17.2 Å².